The number of hydrogen-bond donors (Lipinski definition) is 1. The molecule has 0 aliphatic carbocycles. The number of ether oxygens (including phenoxy) is 3. The molecule has 3 atom stereocenters. The molecule has 0 bridgehead atoms. The minimum Gasteiger partial charge on any atom is -0.497 e. The topological polar surface area (TPSA) is 68.2 Å². The highest BCUT2D eigenvalue weighted by Gasteiger charge is 2.46. The lowest BCUT2D eigenvalue weighted by Gasteiger charge is -2.28. The molecule has 0 unspecified atom stereocenters. The van der Waals surface area contributed by atoms with Crippen LogP contribution in [0.5, 0.6) is 11.5 Å². The van der Waals surface area contributed by atoms with E-state index < -0.39 is 24.3 Å². The molecule has 4 rings (SSSR count). The third-order valence-electron chi connectivity index (χ3n) is 5.78. The molecule has 1 amide bonds. The Kier molecular flexibility index (Phi) is 6.61. The number of anilines is 1. The van der Waals surface area contributed by atoms with E-state index in [1.165, 1.54) is 0 Å². The van der Waals surface area contributed by atoms with Crippen molar-refractivity contribution < 1.29 is 24.1 Å². The minimum atomic E-state index is -0.825. The van der Waals surface area contributed by atoms with Crippen LogP contribution >= 0.6 is 0 Å². The fourth-order valence-corrected chi connectivity index (χ4v) is 4.06. The van der Waals surface area contributed by atoms with Gasteiger partial charge in [-0.1, -0.05) is 42.5 Å². The van der Waals surface area contributed by atoms with Crippen LogP contribution in [0.4, 0.5) is 10.5 Å². The number of nitrogens with zero attached hydrogens (tertiary/aromatic N) is 1. The maximum atomic E-state index is 13.0. The van der Waals surface area contributed by atoms with E-state index in [9.17, 15) is 9.90 Å². The number of methoxy groups -OCH3 is 2. The van der Waals surface area contributed by atoms with E-state index >= 15 is 0 Å². The molecule has 1 heterocycles. The van der Waals surface area contributed by atoms with Crippen molar-refractivity contribution in [2.45, 2.75) is 31.1 Å². The molecule has 1 N–H and O–H groups in total. The van der Waals surface area contributed by atoms with Crippen LogP contribution in [-0.4, -0.2) is 37.6 Å². The maximum Gasteiger partial charge on any atom is 0.415 e. The van der Waals surface area contributed by atoms with E-state index in [4.69, 9.17) is 14.2 Å². The third kappa shape index (κ3) is 4.55. The van der Waals surface area contributed by atoms with E-state index in [0.717, 1.165) is 16.9 Å². The average Bonchev–Trinajstić information content (AvgIpc) is 3.20. The molecule has 1 aliphatic heterocycles. The first kappa shape index (κ1) is 21.7. The van der Waals surface area contributed by atoms with Crippen LogP contribution in [0.2, 0.25) is 0 Å². The number of cyclic esters (lactones) is 1. The van der Waals surface area contributed by atoms with E-state index in [2.05, 4.69) is 0 Å². The molecule has 6 nitrogen and oxygen atoms in total. The van der Waals surface area contributed by atoms with Crippen LogP contribution in [0.1, 0.15) is 23.6 Å². The van der Waals surface area contributed by atoms with Crippen molar-refractivity contribution in [3.05, 3.63) is 90.0 Å². The van der Waals surface area contributed by atoms with Gasteiger partial charge in [0, 0.05) is 5.69 Å². The van der Waals surface area contributed by atoms with Gasteiger partial charge in [0.2, 0.25) is 0 Å². The monoisotopic (exact) mass is 433 g/mol. The van der Waals surface area contributed by atoms with Gasteiger partial charge in [0.25, 0.3) is 0 Å². The second-order valence-corrected chi connectivity index (χ2v) is 7.73. The van der Waals surface area contributed by atoms with E-state index in [-0.39, 0.29) is 0 Å². The van der Waals surface area contributed by atoms with Crippen LogP contribution in [0.15, 0.2) is 78.9 Å². The largest absolute Gasteiger partial charge is 0.497 e. The number of carbonyl (C=O) groups is 1. The summed E-state index contributed by atoms with van der Waals surface area (Å²) in [6.45, 7) is 0. The lowest BCUT2D eigenvalue weighted by atomic mass is 9.93. The number of hydrogen-bond acceptors (Lipinski definition) is 5. The fraction of sp³-hybridized carbons (Fsp3) is 0.269. The number of rotatable bonds is 8. The van der Waals surface area contributed by atoms with Crippen molar-refractivity contribution in [2.75, 3.05) is 19.1 Å². The number of benzene rings is 3. The van der Waals surface area contributed by atoms with Crippen LogP contribution in [-0.2, 0) is 11.2 Å². The summed E-state index contributed by atoms with van der Waals surface area (Å²) >= 11 is 0. The summed E-state index contributed by atoms with van der Waals surface area (Å²) in [7, 11) is 3.20. The Labute approximate surface area is 188 Å². The van der Waals surface area contributed by atoms with Gasteiger partial charge in [-0.15, -0.1) is 0 Å². The minimum absolute atomic E-state index is 0.477. The highest BCUT2D eigenvalue weighted by molar-refractivity contribution is 5.91. The Bertz CT molecular complexity index is 1020. The van der Waals surface area contributed by atoms with Gasteiger partial charge in [0.15, 0.2) is 6.10 Å². The van der Waals surface area contributed by atoms with Gasteiger partial charge in [-0.2, -0.15) is 0 Å². The van der Waals surface area contributed by atoms with Crippen molar-refractivity contribution in [2.24, 2.45) is 0 Å². The zero-order valence-corrected chi connectivity index (χ0v) is 18.2. The summed E-state index contributed by atoms with van der Waals surface area (Å²) in [6.07, 6.45) is -0.852. The maximum absolute atomic E-state index is 13.0. The Morgan fingerprint density at radius 3 is 2.09 bits per heavy atom. The van der Waals surface area contributed by atoms with Crippen molar-refractivity contribution in [3.8, 4) is 11.5 Å². The molecule has 1 saturated heterocycles. The van der Waals surface area contributed by atoms with Gasteiger partial charge >= 0.3 is 6.09 Å². The lowest BCUT2D eigenvalue weighted by Crippen LogP contribution is -2.35. The SMILES string of the molecule is COc1ccc([C@@H]2[C@@H]([C@H](O)CCc3ccccc3)OC(=O)N2c2ccc(OC)cc2)cc1. The molecule has 166 valence electrons. The Morgan fingerprint density at radius 2 is 1.50 bits per heavy atom. The highest BCUT2D eigenvalue weighted by Crippen LogP contribution is 2.40. The number of amides is 1. The number of aliphatic hydroxyl groups excluding tert-OH is 1. The molecule has 0 aromatic heterocycles. The summed E-state index contributed by atoms with van der Waals surface area (Å²) in [6, 6.07) is 24.2. The third-order valence-corrected chi connectivity index (χ3v) is 5.78. The average molecular weight is 434 g/mol. The van der Waals surface area contributed by atoms with E-state index in [0.29, 0.717) is 24.3 Å². The Hall–Kier alpha value is -3.51. The van der Waals surface area contributed by atoms with E-state index in [1.54, 1.807) is 31.3 Å². The number of carbonyl (C=O) groups excluding carboxylic acids is 1. The smallest absolute Gasteiger partial charge is 0.415 e. The van der Waals surface area contributed by atoms with Gasteiger partial charge in [0.05, 0.1) is 20.3 Å². The van der Waals surface area contributed by atoms with Gasteiger partial charge in [-0.05, 0) is 60.4 Å². The molecular weight excluding hydrogens is 406 g/mol. The molecule has 0 saturated carbocycles. The van der Waals surface area contributed by atoms with Crippen molar-refractivity contribution >= 4 is 11.8 Å². The quantitative estimate of drug-likeness (QED) is 0.555. The molecule has 0 spiro atoms. The van der Waals surface area contributed by atoms with Crippen LogP contribution in [0, 0.1) is 0 Å². The normalized spacial score (nSPS) is 18.8. The fourth-order valence-electron chi connectivity index (χ4n) is 4.06. The van der Waals surface area contributed by atoms with Crippen molar-refractivity contribution in [1.82, 2.24) is 0 Å². The van der Waals surface area contributed by atoms with E-state index in [1.807, 2.05) is 66.7 Å². The molecule has 3 aromatic carbocycles. The second kappa shape index (κ2) is 9.75. The highest BCUT2D eigenvalue weighted by atomic mass is 16.6. The second-order valence-electron chi connectivity index (χ2n) is 7.73. The zero-order valence-electron chi connectivity index (χ0n) is 18.2. The van der Waals surface area contributed by atoms with Crippen molar-refractivity contribution in [1.29, 1.82) is 0 Å². The molecule has 6 heteroatoms. The van der Waals surface area contributed by atoms with Crippen molar-refractivity contribution in [3.63, 3.8) is 0 Å². The standard InChI is InChI=1S/C26H27NO5/c1-30-21-13-9-19(10-14-21)24-25(23(28)17-8-18-6-4-3-5-7-18)32-26(29)27(24)20-11-15-22(31-2)16-12-20/h3-7,9-16,23-25,28H,8,17H2,1-2H3/t23-,24-,25-/m1/s1. The first-order valence-electron chi connectivity index (χ1n) is 10.6. The summed E-state index contributed by atoms with van der Waals surface area (Å²) in [5, 5.41) is 11.1. The van der Waals surface area contributed by atoms with Gasteiger partial charge < -0.3 is 19.3 Å². The number of aliphatic hydroxyl groups is 1. The summed E-state index contributed by atoms with van der Waals surface area (Å²) in [5.74, 6) is 1.41. The van der Waals surface area contributed by atoms with Crippen LogP contribution in [0.25, 0.3) is 0 Å². The molecular formula is C26H27NO5. The first-order chi connectivity index (χ1) is 15.6. The predicted octanol–water partition coefficient (Wildman–Crippen LogP) is 4.76. The lowest BCUT2D eigenvalue weighted by molar-refractivity contribution is 0.0146. The summed E-state index contributed by atoms with van der Waals surface area (Å²) < 4.78 is 16.3. The van der Waals surface area contributed by atoms with Crippen LogP contribution in [0.3, 0.4) is 0 Å². The summed E-state index contributed by atoms with van der Waals surface area (Å²) in [5.41, 5.74) is 2.66. The molecule has 1 fully saturated rings. The summed E-state index contributed by atoms with van der Waals surface area (Å²) in [4.78, 5) is 14.6. The van der Waals surface area contributed by atoms with Gasteiger partial charge in [0.1, 0.15) is 17.5 Å². The molecule has 3 aromatic rings. The predicted molar refractivity (Wildman–Crippen MR) is 122 cm³/mol. The van der Waals surface area contributed by atoms with Crippen LogP contribution < -0.4 is 14.4 Å². The Balaban J connectivity index is 1.63. The van der Waals surface area contributed by atoms with Gasteiger partial charge in [-0.25, -0.2) is 4.79 Å². The zero-order chi connectivity index (χ0) is 22.5. The van der Waals surface area contributed by atoms with Gasteiger partial charge in [-0.3, -0.25) is 4.90 Å². The number of aryl methyl sites for hydroxylation is 1. The molecule has 32 heavy (non-hydrogen) atoms. The Morgan fingerprint density at radius 1 is 0.906 bits per heavy atom. The molecule has 0 radical (unpaired) electrons. The molecule has 1 aliphatic rings. The first-order valence-corrected chi connectivity index (χ1v) is 10.6.